The Balaban J connectivity index is 2.02. The summed E-state index contributed by atoms with van der Waals surface area (Å²) in [5, 5.41) is 9.65. The molecule has 2 unspecified atom stereocenters. The smallest absolute Gasteiger partial charge is 0.336 e. The first-order chi connectivity index (χ1) is 9.09. The number of aromatic carboxylic acids is 1. The molecule has 0 saturated heterocycles. The summed E-state index contributed by atoms with van der Waals surface area (Å²) in [5.74, 6) is 1.43. The first-order valence-electron chi connectivity index (χ1n) is 7.45. The molecular formula is C17H22O2. The van der Waals surface area contributed by atoms with Crippen LogP contribution in [-0.4, -0.2) is 11.1 Å². The number of carboxylic acids is 1. The largest absolute Gasteiger partial charge is 0.478 e. The average molecular weight is 258 g/mol. The monoisotopic (exact) mass is 258 g/mol. The zero-order valence-corrected chi connectivity index (χ0v) is 11.7. The van der Waals surface area contributed by atoms with Crippen molar-refractivity contribution in [2.45, 2.75) is 51.4 Å². The molecule has 3 rings (SSSR count). The van der Waals surface area contributed by atoms with Gasteiger partial charge in [0, 0.05) is 0 Å². The second-order valence-corrected chi connectivity index (χ2v) is 6.37. The zero-order valence-electron chi connectivity index (χ0n) is 11.7. The van der Waals surface area contributed by atoms with Crippen molar-refractivity contribution < 1.29 is 9.90 Å². The summed E-state index contributed by atoms with van der Waals surface area (Å²) in [7, 11) is 0. The maximum absolute atomic E-state index is 11.7. The van der Waals surface area contributed by atoms with Gasteiger partial charge in [0.15, 0.2) is 0 Å². The highest BCUT2D eigenvalue weighted by molar-refractivity contribution is 5.91. The van der Waals surface area contributed by atoms with Crippen molar-refractivity contribution in [3.8, 4) is 0 Å². The van der Waals surface area contributed by atoms with Gasteiger partial charge in [-0.25, -0.2) is 4.79 Å². The van der Waals surface area contributed by atoms with Gasteiger partial charge in [-0.1, -0.05) is 32.0 Å². The summed E-state index contributed by atoms with van der Waals surface area (Å²) >= 11 is 0. The Labute approximate surface area is 114 Å². The van der Waals surface area contributed by atoms with Gasteiger partial charge < -0.3 is 5.11 Å². The number of carbonyl (C=O) groups is 1. The Morgan fingerprint density at radius 1 is 1.05 bits per heavy atom. The Bertz CT molecular complexity index is 462. The Morgan fingerprint density at radius 3 is 1.79 bits per heavy atom. The molecule has 1 aromatic rings. The minimum atomic E-state index is -0.745. The van der Waals surface area contributed by atoms with Gasteiger partial charge in [-0.3, -0.25) is 0 Å². The SMILES string of the molecule is CC(c1cccc(C(C)C2CC2)c1C(=O)O)C1CC1. The molecule has 2 fully saturated rings. The molecule has 2 aliphatic carbocycles. The molecule has 2 nitrogen and oxygen atoms in total. The quantitative estimate of drug-likeness (QED) is 0.849. The summed E-state index contributed by atoms with van der Waals surface area (Å²) < 4.78 is 0. The second-order valence-electron chi connectivity index (χ2n) is 6.37. The van der Waals surface area contributed by atoms with E-state index < -0.39 is 5.97 Å². The molecular weight excluding hydrogens is 236 g/mol. The summed E-state index contributed by atoms with van der Waals surface area (Å²) in [4.78, 5) is 11.7. The van der Waals surface area contributed by atoms with E-state index in [1.807, 2.05) is 12.1 Å². The van der Waals surface area contributed by atoms with Crippen LogP contribution in [0.25, 0.3) is 0 Å². The van der Waals surface area contributed by atoms with Crippen LogP contribution in [0.5, 0.6) is 0 Å². The standard InChI is InChI=1S/C17H22O2/c1-10(12-6-7-12)14-4-3-5-15(16(14)17(18)19)11(2)13-8-9-13/h3-5,10-13H,6-9H2,1-2H3,(H,18,19). The summed E-state index contributed by atoms with van der Waals surface area (Å²) in [6, 6.07) is 6.10. The summed E-state index contributed by atoms with van der Waals surface area (Å²) in [6.07, 6.45) is 5.01. The average Bonchev–Trinajstić information content (AvgIpc) is 3.28. The first kappa shape index (κ1) is 12.7. The fourth-order valence-electron chi connectivity index (χ4n) is 3.29. The van der Waals surface area contributed by atoms with E-state index in [0.717, 1.165) is 11.1 Å². The van der Waals surface area contributed by atoms with E-state index in [0.29, 0.717) is 29.2 Å². The third-order valence-corrected chi connectivity index (χ3v) is 4.98. The van der Waals surface area contributed by atoms with Gasteiger partial charge in [0.1, 0.15) is 0 Å². The maximum atomic E-state index is 11.7. The number of hydrogen-bond donors (Lipinski definition) is 1. The molecule has 0 spiro atoms. The van der Waals surface area contributed by atoms with E-state index in [2.05, 4.69) is 19.9 Å². The molecule has 19 heavy (non-hydrogen) atoms. The van der Waals surface area contributed by atoms with Crippen LogP contribution >= 0.6 is 0 Å². The maximum Gasteiger partial charge on any atom is 0.336 e. The highest BCUT2D eigenvalue weighted by Crippen LogP contribution is 2.47. The molecule has 0 heterocycles. The Kier molecular flexibility index (Phi) is 3.12. The van der Waals surface area contributed by atoms with Crippen LogP contribution in [0.15, 0.2) is 18.2 Å². The lowest BCUT2D eigenvalue weighted by atomic mass is 9.84. The molecule has 2 atom stereocenters. The molecule has 0 aliphatic heterocycles. The molecule has 0 amide bonds. The van der Waals surface area contributed by atoms with Crippen LogP contribution in [0.4, 0.5) is 0 Å². The van der Waals surface area contributed by atoms with Crippen molar-refractivity contribution >= 4 is 5.97 Å². The highest BCUT2D eigenvalue weighted by Gasteiger charge is 2.35. The number of hydrogen-bond acceptors (Lipinski definition) is 1. The van der Waals surface area contributed by atoms with Gasteiger partial charge in [-0.05, 0) is 60.5 Å². The molecule has 2 aliphatic rings. The van der Waals surface area contributed by atoms with Crippen molar-refractivity contribution in [2.24, 2.45) is 11.8 Å². The molecule has 1 N–H and O–H groups in total. The first-order valence-corrected chi connectivity index (χ1v) is 7.45. The predicted molar refractivity (Wildman–Crippen MR) is 75.7 cm³/mol. The normalized spacial score (nSPS) is 22.0. The van der Waals surface area contributed by atoms with E-state index in [1.165, 1.54) is 25.7 Å². The number of carboxylic acid groups (broad SMARTS) is 1. The third kappa shape index (κ3) is 2.41. The van der Waals surface area contributed by atoms with Gasteiger partial charge in [0.25, 0.3) is 0 Å². The molecule has 0 bridgehead atoms. The highest BCUT2D eigenvalue weighted by atomic mass is 16.4. The van der Waals surface area contributed by atoms with Crippen molar-refractivity contribution in [3.05, 3.63) is 34.9 Å². The summed E-state index contributed by atoms with van der Waals surface area (Å²) in [5.41, 5.74) is 2.71. The predicted octanol–water partition coefficient (Wildman–Crippen LogP) is 4.41. The molecule has 2 heteroatoms. The van der Waals surface area contributed by atoms with Crippen molar-refractivity contribution in [2.75, 3.05) is 0 Å². The lowest BCUT2D eigenvalue weighted by Gasteiger charge is -2.20. The van der Waals surface area contributed by atoms with Gasteiger partial charge in [0.2, 0.25) is 0 Å². The molecule has 0 aromatic heterocycles. The van der Waals surface area contributed by atoms with Crippen LogP contribution in [0.2, 0.25) is 0 Å². The fraction of sp³-hybridized carbons (Fsp3) is 0.588. The Morgan fingerprint density at radius 2 is 1.47 bits per heavy atom. The Hall–Kier alpha value is -1.31. The van der Waals surface area contributed by atoms with Crippen molar-refractivity contribution in [1.82, 2.24) is 0 Å². The van der Waals surface area contributed by atoms with Gasteiger partial charge in [0.05, 0.1) is 5.56 Å². The van der Waals surface area contributed by atoms with Crippen molar-refractivity contribution in [3.63, 3.8) is 0 Å². The number of benzene rings is 1. The molecule has 0 radical (unpaired) electrons. The second kappa shape index (κ2) is 4.66. The van der Waals surface area contributed by atoms with E-state index in [9.17, 15) is 9.90 Å². The van der Waals surface area contributed by atoms with Crippen molar-refractivity contribution in [1.29, 1.82) is 0 Å². The van der Waals surface area contributed by atoms with Gasteiger partial charge in [-0.15, -0.1) is 0 Å². The topological polar surface area (TPSA) is 37.3 Å². The van der Waals surface area contributed by atoms with Gasteiger partial charge >= 0.3 is 5.97 Å². The van der Waals surface area contributed by atoms with E-state index in [-0.39, 0.29) is 0 Å². The van der Waals surface area contributed by atoms with Crippen LogP contribution in [-0.2, 0) is 0 Å². The molecule has 1 aromatic carbocycles. The summed E-state index contributed by atoms with van der Waals surface area (Å²) in [6.45, 7) is 4.37. The van der Waals surface area contributed by atoms with Crippen LogP contribution in [0, 0.1) is 11.8 Å². The van der Waals surface area contributed by atoms with Crippen LogP contribution < -0.4 is 0 Å². The van der Waals surface area contributed by atoms with Crippen LogP contribution in [0.1, 0.15) is 72.9 Å². The fourth-order valence-corrected chi connectivity index (χ4v) is 3.29. The number of rotatable bonds is 5. The minimum Gasteiger partial charge on any atom is -0.478 e. The van der Waals surface area contributed by atoms with E-state index in [4.69, 9.17) is 0 Å². The lowest BCUT2D eigenvalue weighted by molar-refractivity contribution is 0.0693. The lowest BCUT2D eigenvalue weighted by Crippen LogP contribution is -2.13. The zero-order chi connectivity index (χ0) is 13.6. The van der Waals surface area contributed by atoms with E-state index in [1.54, 1.807) is 0 Å². The van der Waals surface area contributed by atoms with Crippen LogP contribution in [0.3, 0.4) is 0 Å². The molecule has 2 saturated carbocycles. The third-order valence-electron chi connectivity index (χ3n) is 4.98. The molecule has 102 valence electrons. The van der Waals surface area contributed by atoms with E-state index >= 15 is 0 Å². The minimum absolute atomic E-state index is 0.387. The van der Waals surface area contributed by atoms with Gasteiger partial charge in [-0.2, -0.15) is 0 Å².